The van der Waals surface area contributed by atoms with Gasteiger partial charge in [-0.1, -0.05) is 0 Å². The topological polar surface area (TPSA) is 51.5 Å². The van der Waals surface area contributed by atoms with Crippen LogP contribution in [0, 0.1) is 12.7 Å². The number of halogens is 1. The standard InChI is InChI=1S/C12H12FNO3/c1-7-9-5-8(13)3-4-10(9)14(6-17-2)11(7)12(15)16/h3-5H,6H2,1-2H3,(H,15,16). The van der Waals surface area contributed by atoms with Crippen molar-refractivity contribution in [1.29, 1.82) is 0 Å². The van der Waals surface area contributed by atoms with Gasteiger partial charge in [0.05, 0.1) is 5.52 Å². The molecular formula is C12H12FNO3. The van der Waals surface area contributed by atoms with Crippen molar-refractivity contribution in [1.82, 2.24) is 4.57 Å². The minimum Gasteiger partial charge on any atom is -0.477 e. The Bertz CT molecular complexity index is 589. The second kappa shape index (κ2) is 4.18. The number of nitrogens with zero attached hydrogens (tertiary/aromatic N) is 1. The molecule has 0 unspecified atom stereocenters. The van der Waals surface area contributed by atoms with E-state index in [9.17, 15) is 14.3 Å². The van der Waals surface area contributed by atoms with E-state index in [4.69, 9.17) is 4.74 Å². The number of ether oxygens (including phenoxy) is 1. The predicted octanol–water partition coefficient (Wildman–Crippen LogP) is 2.39. The molecule has 0 bridgehead atoms. The van der Waals surface area contributed by atoms with E-state index in [-0.39, 0.29) is 18.2 Å². The van der Waals surface area contributed by atoms with E-state index >= 15 is 0 Å². The first-order valence-corrected chi connectivity index (χ1v) is 5.07. The molecule has 4 nitrogen and oxygen atoms in total. The highest BCUT2D eigenvalue weighted by Gasteiger charge is 2.19. The van der Waals surface area contributed by atoms with E-state index in [0.29, 0.717) is 16.5 Å². The number of hydrogen-bond acceptors (Lipinski definition) is 2. The Morgan fingerprint density at radius 3 is 2.82 bits per heavy atom. The molecule has 0 aliphatic heterocycles. The van der Waals surface area contributed by atoms with Gasteiger partial charge in [0.25, 0.3) is 0 Å². The number of rotatable bonds is 3. The number of carboxylic acid groups (broad SMARTS) is 1. The van der Waals surface area contributed by atoms with Crippen molar-refractivity contribution in [2.45, 2.75) is 13.7 Å². The van der Waals surface area contributed by atoms with Crippen LogP contribution in [0.25, 0.3) is 10.9 Å². The first-order chi connectivity index (χ1) is 8.06. The summed E-state index contributed by atoms with van der Waals surface area (Å²) in [6.07, 6.45) is 0. The molecule has 90 valence electrons. The van der Waals surface area contributed by atoms with Gasteiger partial charge < -0.3 is 14.4 Å². The lowest BCUT2D eigenvalue weighted by molar-refractivity contribution is 0.0663. The number of hydrogen-bond donors (Lipinski definition) is 1. The summed E-state index contributed by atoms with van der Waals surface area (Å²) in [5.41, 5.74) is 1.33. The van der Waals surface area contributed by atoms with Crippen LogP contribution in [0.1, 0.15) is 16.1 Å². The van der Waals surface area contributed by atoms with Crippen molar-refractivity contribution < 1.29 is 19.0 Å². The maximum atomic E-state index is 13.2. The Morgan fingerprint density at radius 2 is 2.24 bits per heavy atom. The van der Waals surface area contributed by atoms with Gasteiger partial charge in [-0.25, -0.2) is 9.18 Å². The van der Waals surface area contributed by atoms with Gasteiger partial charge in [0.15, 0.2) is 0 Å². The van der Waals surface area contributed by atoms with Crippen molar-refractivity contribution in [3.05, 3.63) is 35.3 Å². The first kappa shape index (κ1) is 11.6. The summed E-state index contributed by atoms with van der Waals surface area (Å²) >= 11 is 0. The molecule has 0 saturated carbocycles. The molecule has 0 aliphatic rings. The molecule has 1 aromatic heterocycles. The summed E-state index contributed by atoms with van der Waals surface area (Å²) in [6.45, 7) is 1.79. The Hall–Kier alpha value is -1.88. The molecule has 5 heteroatoms. The number of aromatic carboxylic acids is 1. The summed E-state index contributed by atoms with van der Waals surface area (Å²) in [4.78, 5) is 11.2. The van der Waals surface area contributed by atoms with Gasteiger partial charge in [-0.15, -0.1) is 0 Å². The van der Waals surface area contributed by atoms with E-state index in [1.165, 1.54) is 23.8 Å². The number of fused-ring (bicyclic) bond motifs is 1. The fourth-order valence-corrected chi connectivity index (χ4v) is 2.03. The lowest BCUT2D eigenvalue weighted by Gasteiger charge is -2.06. The average molecular weight is 237 g/mol. The van der Waals surface area contributed by atoms with Crippen LogP contribution in [0.3, 0.4) is 0 Å². The third-order valence-corrected chi connectivity index (χ3v) is 2.74. The highest BCUT2D eigenvalue weighted by molar-refractivity contribution is 5.98. The molecule has 0 fully saturated rings. The maximum absolute atomic E-state index is 13.2. The van der Waals surface area contributed by atoms with E-state index in [0.717, 1.165) is 0 Å². The fraction of sp³-hybridized carbons (Fsp3) is 0.250. The first-order valence-electron chi connectivity index (χ1n) is 5.07. The molecule has 1 heterocycles. The third-order valence-electron chi connectivity index (χ3n) is 2.74. The molecule has 0 radical (unpaired) electrons. The maximum Gasteiger partial charge on any atom is 0.352 e. The Balaban J connectivity index is 2.82. The number of carbonyl (C=O) groups is 1. The summed E-state index contributed by atoms with van der Waals surface area (Å²) in [5, 5.41) is 9.77. The number of aryl methyl sites for hydroxylation is 1. The van der Waals surface area contributed by atoms with Gasteiger partial charge in [0.2, 0.25) is 0 Å². The second-order valence-corrected chi connectivity index (χ2v) is 3.79. The van der Waals surface area contributed by atoms with Crippen LogP contribution < -0.4 is 0 Å². The lowest BCUT2D eigenvalue weighted by Crippen LogP contribution is -2.10. The molecule has 0 amide bonds. The third kappa shape index (κ3) is 1.78. The van der Waals surface area contributed by atoms with Crippen LogP contribution in [-0.4, -0.2) is 22.8 Å². The van der Waals surface area contributed by atoms with E-state index in [1.54, 1.807) is 13.0 Å². The second-order valence-electron chi connectivity index (χ2n) is 3.79. The molecule has 17 heavy (non-hydrogen) atoms. The molecule has 2 rings (SSSR count). The van der Waals surface area contributed by atoms with Crippen LogP contribution in [0.15, 0.2) is 18.2 Å². The van der Waals surface area contributed by atoms with E-state index < -0.39 is 5.97 Å². The zero-order valence-electron chi connectivity index (χ0n) is 9.53. The summed E-state index contributed by atoms with van der Waals surface area (Å²) < 4.78 is 19.7. The smallest absolute Gasteiger partial charge is 0.352 e. The molecule has 2 aromatic rings. The van der Waals surface area contributed by atoms with Gasteiger partial charge in [-0.3, -0.25) is 0 Å². The van der Waals surface area contributed by atoms with Crippen LogP contribution in [0.4, 0.5) is 4.39 Å². The van der Waals surface area contributed by atoms with Gasteiger partial charge in [0.1, 0.15) is 18.2 Å². The van der Waals surface area contributed by atoms with E-state index in [2.05, 4.69) is 0 Å². The molecule has 0 atom stereocenters. The van der Waals surface area contributed by atoms with Crippen molar-refractivity contribution in [3.8, 4) is 0 Å². The molecule has 0 spiro atoms. The van der Waals surface area contributed by atoms with Gasteiger partial charge in [-0.05, 0) is 30.7 Å². The summed E-state index contributed by atoms with van der Waals surface area (Å²) in [6, 6.07) is 4.20. The van der Waals surface area contributed by atoms with Crippen molar-refractivity contribution in [2.24, 2.45) is 0 Å². The van der Waals surface area contributed by atoms with Gasteiger partial charge in [0, 0.05) is 12.5 Å². The summed E-state index contributed by atoms with van der Waals surface area (Å²) in [5.74, 6) is -1.43. The highest BCUT2D eigenvalue weighted by Crippen LogP contribution is 2.26. The van der Waals surface area contributed by atoms with Crippen LogP contribution in [0.5, 0.6) is 0 Å². The number of benzene rings is 1. The predicted molar refractivity (Wildman–Crippen MR) is 60.6 cm³/mol. The van der Waals surface area contributed by atoms with Gasteiger partial charge >= 0.3 is 5.97 Å². The molecule has 1 N–H and O–H groups in total. The van der Waals surface area contributed by atoms with Crippen LogP contribution >= 0.6 is 0 Å². The van der Waals surface area contributed by atoms with E-state index in [1.807, 2.05) is 0 Å². The quantitative estimate of drug-likeness (QED) is 0.891. The minimum atomic E-state index is -1.05. The monoisotopic (exact) mass is 237 g/mol. The highest BCUT2D eigenvalue weighted by atomic mass is 19.1. The van der Waals surface area contributed by atoms with Crippen LogP contribution in [-0.2, 0) is 11.5 Å². The number of aromatic nitrogens is 1. The van der Waals surface area contributed by atoms with Crippen LogP contribution in [0.2, 0.25) is 0 Å². The fourth-order valence-electron chi connectivity index (χ4n) is 2.03. The Kier molecular flexibility index (Phi) is 2.85. The average Bonchev–Trinajstić information content (AvgIpc) is 2.53. The molecule has 1 aromatic carbocycles. The largest absolute Gasteiger partial charge is 0.477 e. The molecular weight excluding hydrogens is 225 g/mol. The normalized spacial score (nSPS) is 11.0. The zero-order chi connectivity index (χ0) is 12.6. The van der Waals surface area contributed by atoms with Gasteiger partial charge in [-0.2, -0.15) is 0 Å². The van der Waals surface area contributed by atoms with Crippen molar-refractivity contribution >= 4 is 16.9 Å². The zero-order valence-corrected chi connectivity index (χ0v) is 9.53. The summed E-state index contributed by atoms with van der Waals surface area (Å²) in [7, 11) is 1.48. The Morgan fingerprint density at radius 1 is 1.53 bits per heavy atom. The number of carboxylic acids is 1. The SMILES string of the molecule is COCn1c(C(=O)O)c(C)c2cc(F)ccc21. The lowest BCUT2D eigenvalue weighted by atomic mass is 10.1. The minimum absolute atomic E-state index is 0.123. The molecule has 0 saturated heterocycles. The number of methoxy groups -OCH3 is 1. The van der Waals surface area contributed by atoms with Crippen molar-refractivity contribution in [3.63, 3.8) is 0 Å². The molecule has 0 aliphatic carbocycles. The van der Waals surface area contributed by atoms with Crippen molar-refractivity contribution in [2.75, 3.05) is 7.11 Å². The Labute approximate surface area is 97.2 Å².